The minimum Gasteiger partial charge on any atom is -0.495 e. The zero-order valence-electron chi connectivity index (χ0n) is 11.0. The van der Waals surface area contributed by atoms with Crippen LogP contribution in [0.2, 0.25) is 10.0 Å². The second-order valence-corrected chi connectivity index (χ2v) is 4.80. The summed E-state index contributed by atoms with van der Waals surface area (Å²) in [7, 11) is 3.13. The number of benzene rings is 1. The van der Waals surface area contributed by atoms with Crippen molar-refractivity contribution in [3.63, 3.8) is 0 Å². The molecule has 0 saturated heterocycles. The molecule has 1 rings (SSSR count). The fourth-order valence-electron chi connectivity index (χ4n) is 1.65. The van der Waals surface area contributed by atoms with Crippen LogP contribution in [0.25, 0.3) is 0 Å². The van der Waals surface area contributed by atoms with Crippen LogP contribution < -0.4 is 10.1 Å². The van der Waals surface area contributed by atoms with E-state index in [-0.39, 0.29) is 12.3 Å². The van der Waals surface area contributed by atoms with E-state index in [1.807, 2.05) is 0 Å². The number of ether oxygens (including phenoxy) is 2. The zero-order valence-corrected chi connectivity index (χ0v) is 12.5. The number of hydrogen-bond donors (Lipinski definition) is 1. The lowest BCUT2D eigenvalue weighted by molar-refractivity contribution is -0.120. The van der Waals surface area contributed by atoms with Gasteiger partial charge in [0, 0.05) is 30.8 Å². The van der Waals surface area contributed by atoms with Gasteiger partial charge in [0.2, 0.25) is 5.91 Å². The molecule has 19 heavy (non-hydrogen) atoms. The number of carbonyl (C=O) groups is 1. The smallest absolute Gasteiger partial charge is 0.224 e. The van der Waals surface area contributed by atoms with Crippen LogP contribution in [0.5, 0.6) is 5.75 Å². The molecular formula is C13H17Cl2NO3. The summed E-state index contributed by atoms with van der Waals surface area (Å²) in [6.07, 6.45) is 0.951. The molecule has 1 N–H and O–H groups in total. The van der Waals surface area contributed by atoms with Crippen LogP contribution in [-0.4, -0.2) is 33.3 Å². The van der Waals surface area contributed by atoms with E-state index in [2.05, 4.69) is 5.32 Å². The molecule has 0 unspecified atom stereocenters. The van der Waals surface area contributed by atoms with Crippen LogP contribution in [0, 0.1) is 0 Å². The van der Waals surface area contributed by atoms with Crippen molar-refractivity contribution in [1.29, 1.82) is 0 Å². The first-order valence-corrected chi connectivity index (χ1v) is 6.61. The molecule has 0 bridgehead atoms. The third-order valence-electron chi connectivity index (χ3n) is 2.49. The summed E-state index contributed by atoms with van der Waals surface area (Å²) in [5.41, 5.74) is 0.671. The van der Waals surface area contributed by atoms with Gasteiger partial charge in [-0.1, -0.05) is 23.2 Å². The van der Waals surface area contributed by atoms with E-state index in [1.54, 1.807) is 19.2 Å². The molecule has 106 valence electrons. The number of nitrogens with one attached hydrogen (secondary N) is 1. The average Bonchev–Trinajstić information content (AvgIpc) is 2.34. The fraction of sp³-hybridized carbons (Fsp3) is 0.462. The summed E-state index contributed by atoms with van der Waals surface area (Å²) in [6.45, 7) is 1.19. The van der Waals surface area contributed by atoms with E-state index >= 15 is 0 Å². The van der Waals surface area contributed by atoms with Crippen LogP contribution in [-0.2, 0) is 16.0 Å². The van der Waals surface area contributed by atoms with Gasteiger partial charge in [-0.3, -0.25) is 4.79 Å². The number of amides is 1. The second-order valence-electron chi connectivity index (χ2n) is 3.95. The Bertz CT molecular complexity index is 438. The van der Waals surface area contributed by atoms with Crippen molar-refractivity contribution in [2.75, 3.05) is 27.4 Å². The quantitative estimate of drug-likeness (QED) is 0.788. The summed E-state index contributed by atoms with van der Waals surface area (Å²) in [6, 6.07) is 3.27. The van der Waals surface area contributed by atoms with Gasteiger partial charge in [0.25, 0.3) is 0 Å². The van der Waals surface area contributed by atoms with E-state index in [9.17, 15) is 4.79 Å². The SMILES string of the molecule is COCCCNC(=O)Cc1cc(Cl)cc(Cl)c1OC. The van der Waals surface area contributed by atoms with Gasteiger partial charge in [0.15, 0.2) is 0 Å². The van der Waals surface area contributed by atoms with Gasteiger partial charge in [-0.2, -0.15) is 0 Å². The van der Waals surface area contributed by atoms with Gasteiger partial charge in [0.05, 0.1) is 18.6 Å². The van der Waals surface area contributed by atoms with Crippen LogP contribution in [0.3, 0.4) is 0 Å². The van der Waals surface area contributed by atoms with E-state index in [4.69, 9.17) is 32.7 Å². The Morgan fingerprint density at radius 3 is 2.68 bits per heavy atom. The third kappa shape index (κ3) is 5.27. The Morgan fingerprint density at radius 1 is 1.32 bits per heavy atom. The summed E-state index contributed by atoms with van der Waals surface area (Å²) < 4.78 is 10.1. The van der Waals surface area contributed by atoms with Gasteiger partial charge < -0.3 is 14.8 Å². The van der Waals surface area contributed by atoms with E-state index < -0.39 is 0 Å². The summed E-state index contributed by atoms with van der Waals surface area (Å²) in [5, 5.41) is 3.68. The molecule has 0 aliphatic heterocycles. The van der Waals surface area contributed by atoms with Crippen molar-refractivity contribution in [3.8, 4) is 5.75 Å². The van der Waals surface area contributed by atoms with Gasteiger partial charge >= 0.3 is 0 Å². The molecule has 0 atom stereocenters. The minimum absolute atomic E-state index is 0.104. The first-order valence-electron chi connectivity index (χ1n) is 5.86. The average molecular weight is 306 g/mol. The fourth-order valence-corrected chi connectivity index (χ4v) is 2.27. The Hall–Kier alpha value is -0.970. The monoisotopic (exact) mass is 305 g/mol. The maximum absolute atomic E-state index is 11.8. The molecular weight excluding hydrogens is 289 g/mol. The number of carbonyl (C=O) groups excluding carboxylic acids is 1. The number of hydrogen-bond acceptors (Lipinski definition) is 3. The molecule has 1 aromatic carbocycles. The van der Waals surface area contributed by atoms with Crippen molar-refractivity contribution in [3.05, 3.63) is 27.7 Å². The van der Waals surface area contributed by atoms with Gasteiger partial charge in [-0.15, -0.1) is 0 Å². The molecule has 1 amide bonds. The van der Waals surface area contributed by atoms with E-state index in [1.165, 1.54) is 7.11 Å². The van der Waals surface area contributed by atoms with Crippen molar-refractivity contribution < 1.29 is 14.3 Å². The molecule has 0 aromatic heterocycles. The normalized spacial score (nSPS) is 10.3. The highest BCUT2D eigenvalue weighted by Crippen LogP contribution is 2.32. The van der Waals surface area contributed by atoms with Crippen LogP contribution in [0.15, 0.2) is 12.1 Å². The van der Waals surface area contributed by atoms with Gasteiger partial charge in [0.1, 0.15) is 5.75 Å². The molecule has 0 saturated carbocycles. The molecule has 0 aliphatic carbocycles. The summed E-state index contributed by atoms with van der Waals surface area (Å²) >= 11 is 11.9. The highest BCUT2D eigenvalue weighted by Gasteiger charge is 2.13. The second kappa shape index (κ2) is 8.25. The summed E-state index contributed by atoms with van der Waals surface area (Å²) in [5.74, 6) is 0.380. The molecule has 0 radical (unpaired) electrons. The lowest BCUT2D eigenvalue weighted by Gasteiger charge is -2.11. The third-order valence-corrected chi connectivity index (χ3v) is 2.99. The topological polar surface area (TPSA) is 47.6 Å². The lowest BCUT2D eigenvalue weighted by atomic mass is 10.1. The van der Waals surface area contributed by atoms with Crippen LogP contribution >= 0.6 is 23.2 Å². The molecule has 4 nitrogen and oxygen atoms in total. The van der Waals surface area contributed by atoms with Crippen molar-refractivity contribution >= 4 is 29.1 Å². The maximum atomic E-state index is 11.8. The molecule has 6 heteroatoms. The largest absolute Gasteiger partial charge is 0.495 e. The van der Waals surface area contributed by atoms with Crippen LogP contribution in [0.4, 0.5) is 0 Å². The van der Waals surface area contributed by atoms with Crippen LogP contribution in [0.1, 0.15) is 12.0 Å². The van der Waals surface area contributed by atoms with Crippen molar-refractivity contribution in [2.45, 2.75) is 12.8 Å². The minimum atomic E-state index is -0.104. The van der Waals surface area contributed by atoms with Gasteiger partial charge in [-0.25, -0.2) is 0 Å². The first-order chi connectivity index (χ1) is 9.08. The van der Waals surface area contributed by atoms with Gasteiger partial charge in [-0.05, 0) is 18.6 Å². The Kier molecular flexibility index (Phi) is 6.99. The number of methoxy groups -OCH3 is 2. The Morgan fingerprint density at radius 2 is 2.05 bits per heavy atom. The highest BCUT2D eigenvalue weighted by atomic mass is 35.5. The first kappa shape index (κ1) is 16.1. The Balaban J connectivity index is 2.63. The zero-order chi connectivity index (χ0) is 14.3. The number of halogens is 2. The standard InChI is InChI=1S/C13H17Cl2NO3/c1-18-5-3-4-16-12(17)7-9-6-10(14)8-11(15)13(9)19-2/h6,8H,3-5,7H2,1-2H3,(H,16,17). The molecule has 0 fully saturated rings. The van der Waals surface area contributed by atoms with Crippen molar-refractivity contribution in [1.82, 2.24) is 5.32 Å². The number of rotatable bonds is 7. The predicted octanol–water partition coefficient (Wildman–Crippen LogP) is 2.70. The summed E-state index contributed by atoms with van der Waals surface area (Å²) in [4.78, 5) is 11.8. The van der Waals surface area contributed by atoms with E-state index in [0.717, 1.165) is 6.42 Å². The molecule has 0 heterocycles. The molecule has 0 spiro atoms. The van der Waals surface area contributed by atoms with Crippen molar-refractivity contribution in [2.24, 2.45) is 0 Å². The maximum Gasteiger partial charge on any atom is 0.224 e. The Labute approximate surface area is 123 Å². The molecule has 1 aromatic rings. The highest BCUT2D eigenvalue weighted by molar-refractivity contribution is 6.35. The lowest BCUT2D eigenvalue weighted by Crippen LogP contribution is -2.26. The van der Waals surface area contributed by atoms with E-state index in [0.29, 0.717) is 34.5 Å². The molecule has 0 aliphatic rings. The predicted molar refractivity (Wildman–Crippen MR) is 76.2 cm³/mol.